The number of hydrogen-bond donors (Lipinski definition) is 1. The first-order valence-corrected chi connectivity index (χ1v) is 10.8. The highest BCUT2D eigenvalue weighted by atomic mass is 127. The summed E-state index contributed by atoms with van der Waals surface area (Å²) in [6.45, 7) is 2.12. The molecule has 26 heavy (non-hydrogen) atoms. The Kier molecular flexibility index (Phi) is 7.01. The molecule has 2 aromatic rings. The first kappa shape index (κ1) is 20.7. The first-order valence-electron chi connectivity index (χ1n) is 7.84. The minimum absolute atomic E-state index is 0.103. The van der Waals surface area contributed by atoms with Crippen molar-refractivity contribution in [3.63, 3.8) is 0 Å². The van der Waals surface area contributed by atoms with Gasteiger partial charge in [-0.1, -0.05) is 12.1 Å². The molecule has 2 aromatic carbocycles. The van der Waals surface area contributed by atoms with Crippen molar-refractivity contribution in [2.75, 3.05) is 25.2 Å². The quantitative estimate of drug-likeness (QED) is 0.609. The SMILES string of the molecule is Cc1cc(I)ccc1NC(=O)COc1ccc(CN(C)S(C)(=O)=O)cc1. The maximum Gasteiger partial charge on any atom is 0.262 e. The van der Waals surface area contributed by atoms with Crippen LogP contribution in [-0.2, 0) is 21.4 Å². The molecule has 0 aliphatic heterocycles. The van der Waals surface area contributed by atoms with E-state index in [0.717, 1.165) is 20.4 Å². The number of carbonyl (C=O) groups is 1. The minimum Gasteiger partial charge on any atom is -0.484 e. The Bertz CT molecular complexity index is 883. The van der Waals surface area contributed by atoms with Crippen molar-refractivity contribution in [1.82, 2.24) is 4.31 Å². The van der Waals surface area contributed by atoms with Crippen LogP contribution in [0.2, 0.25) is 0 Å². The Balaban J connectivity index is 1.88. The van der Waals surface area contributed by atoms with E-state index >= 15 is 0 Å². The molecule has 6 nitrogen and oxygen atoms in total. The average Bonchev–Trinajstić information content (AvgIpc) is 2.56. The van der Waals surface area contributed by atoms with Crippen LogP contribution in [0.5, 0.6) is 5.75 Å². The predicted molar refractivity (Wildman–Crippen MR) is 111 cm³/mol. The van der Waals surface area contributed by atoms with Gasteiger partial charge in [0.05, 0.1) is 6.26 Å². The smallest absolute Gasteiger partial charge is 0.262 e. The van der Waals surface area contributed by atoms with Crippen LogP contribution in [0, 0.1) is 10.5 Å². The van der Waals surface area contributed by atoms with Gasteiger partial charge in [0.25, 0.3) is 5.91 Å². The van der Waals surface area contributed by atoms with Gasteiger partial charge < -0.3 is 10.1 Å². The highest BCUT2D eigenvalue weighted by Crippen LogP contribution is 2.18. The summed E-state index contributed by atoms with van der Waals surface area (Å²) in [6.07, 6.45) is 1.17. The van der Waals surface area contributed by atoms with Gasteiger partial charge in [-0.15, -0.1) is 0 Å². The molecule has 0 aromatic heterocycles. The lowest BCUT2D eigenvalue weighted by Gasteiger charge is -2.14. The molecule has 0 saturated heterocycles. The summed E-state index contributed by atoms with van der Waals surface area (Å²) in [4.78, 5) is 12.0. The number of carbonyl (C=O) groups excluding carboxylic acids is 1. The zero-order valence-electron chi connectivity index (χ0n) is 14.8. The van der Waals surface area contributed by atoms with E-state index in [1.54, 1.807) is 24.3 Å². The van der Waals surface area contributed by atoms with Gasteiger partial charge in [-0.3, -0.25) is 4.79 Å². The molecule has 140 valence electrons. The van der Waals surface area contributed by atoms with E-state index < -0.39 is 10.0 Å². The van der Waals surface area contributed by atoms with E-state index in [0.29, 0.717) is 5.75 Å². The van der Waals surface area contributed by atoms with Gasteiger partial charge in [0, 0.05) is 22.8 Å². The lowest BCUT2D eigenvalue weighted by molar-refractivity contribution is -0.118. The maximum atomic E-state index is 12.0. The molecular weight excluding hydrogens is 467 g/mol. The van der Waals surface area contributed by atoms with E-state index in [4.69, 9.17) is 4.74 Å². The minimum atomic E-state index is -3.22. The number of aryl methyl sites for hydroxylation is 1. The molecule has 0 spiro atoms. The lowest BCUT2D eigenvalue weighted by Crippen LogP contribution is -2.24. The zero-order valence-corrected chi connectivity index (χ0v) is 17.8. The highest BCUT2D eigenvalue weighted by molar-refractivity contribution is 14.1. The Morgan fingerprint density at radius 3 is 2.42 bits per heavy atom. The Morgan fingerprint density at radius 2 is 1.85 bits per heavy atom. The zero-order chi connectivity index (χ0) is 19.3. The maximum absolute atomic E-state index is 12.0. The van der Waals surface area contributed by atoms with E-state index in [1.165, 1.54) is 17.6 Å². The van der Waals surface area contributed by atoms with Crippen LogP contribution >= 0.6 is 22.6 Å². The number of nitrogens with zero attached hydrogens (tertiary/aromatic N) is 1. The molecule has 2 rings (SSSR count). The molecule has 0 aliphatic rings. The molecule has 1 amide bonds. The average molecular weight is 488 g/mol. The molecule has 0 bridgehead atoms. The second kappa shape index (κ2) is 8.83. The summed E-state index contributed by atoms with van der Waals surface area (Å²) in [5.74, 6) is 0.306. The number of sulfonamides is 1. The molecule has 0 saturated carbocycles. The third-order valence-electron chi connectivity index (χ3n) is 3.73. The fourth-order valence-corrected chi connectivity index (χ4v) is 3.20. The lowest BCUT2D eigenvalue weighted by atomic mass is 10.2. The highest BCUT2D eigenvalue weighted by Gasteiger charge is 2.11. The normalized spacial score (nSPS) is 11.4. The number of nitrogens with one attached hydrogen (secondary N) is 1. The summed E-state index contributed by atoms with van der Waals surface area (Å²) in [6, 6.07) is 12.8. The second-order valence-corrected chi connectivity index (χ2v) is 9.29. The van der Waals surface area contributed by atoms with Crippen molar-refractivity contribution in [1.29, 1.82) is 0 Å². The third-order valence-corrected chi connectivity index (χ3v) is 5.66. The van der Waals surface area contributed by atoms with Crippen molar-refractivity contribution in [3.8, 4) is 5.75 Å². The molecule has 0 heterocycles. The van der Waals surface area contributed by atoms with Crippen molar-refractivity contribution in [3.05, 3.63) is 57.2 Å². The number of hydrogen-bond acceptors (Lipinski definition) is 4. The first-order chi connectivity index (χ1) is 12.1. The number of halogens is 1. The fraction of sp³-hybridized carbons (Fsp3) is 0.278. The van der Waals surface area contributed by atoms with Crippen LogP contribution < -0.4 is 10.1 Å². The molecule has 1 N–H and O–H groups in total. The van der Waals surface area contributed by atoms with Gasteiger partial charge in [0.2, 0.25) is 10.0 Å². The van der Waals surface area contributed by atoms with Gasteiger partial charge in [0.15, 0.2) is 6.61 Å². The van der Waals surface area contributed by atoms with Crippen LogP contribution in [0.4, 0.5) is 5.69 Å². The molecule has 0 aliphatic carbocycles. The van der Waals surface area contributed by atoms with Crippen LogP contribution in [0.25, 0.3) is 0 Å². The molecule has 0 fully saturated rings. The summed E-state index contributed by atoms with van der Waals surface area (Å²) < 4.78 is 30.7. The number of ether oxygens (including phenoxy) is 1. The van der Waals surface area contributed by atoms with Crippen molar-refractivity contribution >= 4 is 44.2 Å². The standard InChI is InChI=1S/C18H21IN2O4S/c1-13-10-15(19)6-9-17(13)20-18(22)12-25-16-7-4-14(5-8-16)11-21(2)26(3,23)24/h4-10H,11-12H2,1-3H3,(H,20,22). The summed E-state index contributed by atoms with van der Waals surface area (Å²) in [7, 11) is -1.70. The van der Waals surface area contributed by atoms with Crippen molar-refractivity contribution < 1.29 is 17.9 Å². The van der Waals surface area contributed by atoms with Crippen molar-refractivity contribution in [2.45, 2.75) is 13.5 Å². The van der Waals surface area contributed by atoms with Crippen molar-refractivity contribution in [2.24, 2.45) is 0 Å². The second-order valence-electron chi connectivity index (χ2n) is 5.96. The number of benzene rings is 2. The van der Waals surface area contributed by atoms with Crippen LogP contribution in [0.1, 0.15) is 11.1 Å². The van der Waals surface area contributed by atoms with Crippen LogP contribution in [0.3, 0.4) is 0 Å². The largest absolute Gasteiger partial charge is 0.484 e. The number of anilines is 1. The Morgan fingerprint density at radius 1 is 1.19 bits per heavy atom. The van der Waals surface area contributed by atoms with Gasteiger partial charge in [-0.25, -0.2) is 12.7 Å². The van der Waals surface area contributed by atoms with E-state index in [1.807, 2.05) is 25.1 Å². The Labute approximate surface area is 167 Å². The van der Waals surface area contributed by atoms with Crippen LogP contribution in [-0.4, -0.2) is 38.5 Å². The van der Waals surface area contributed by atoms with Gasteiger partial charge in [-0.2, -0.15) is 0 Å². The molecule has 0 unspecified atom stereocenters. The number of amides is 1. The van der Waals surface area contributed by atoms with E-state index in [9.17, 15) is 13.2 Å². The van der Waals surface area contributed by atoms with E-state index in [2.05, 4.69) is 27.9 Å². The molecule has 8 heteroatoms. The molecule has 0 radical (unpaired) electrons. The topological polar surface area (TPSA) is 75.7 Å². The summed E-state index contributed by atoms with van der Waals surface area (Å²) in [5, 5.41) is 2.82. The Hall–Kier alpha value is -1.65. The monoisotopic (exact) mass is 488 g/mol. The van der Waals surface area contributed by atoms with E-state index in [-0.39, 0.29) is 19.1 Å². The number of rotatable bonds is 7. The predicted octanol–water partition coefficient (Wildman–Crippen LogP) is 3.01. The molecular formula is C18H21IN2O4S. The fourth-order valence-electron chi connectivity index (χ4n) is 2.17. The third kappa shape index (κ3) is 6.26. The van der Waals surface area contributed by atoms with Crippen LogP contribution in [0.15, 0.2) is 42.5 Å². The van der Waals surface area contributed by atoms with Gasteiger partial charge >= 0.3 is 0 Å². The summed E-state index contributed by atoms with van der Waals surface area (Å²) in [5.41, 5.74) is 2.59. The van der Waals surface area contributed by atoms with Gasteiger partial charge in [-0.05, 0) is 71.0 Å². The summed E-state index contributed by atoms with van der Waals surface area (Å²) >= 11 is 2.22. The molecule has 0 atom stereocenters. The van der Waals surface area contributed by atoms with Gasteiger partial charge in [0.1, 0.15) is 5.75 Å².